The third kappa shape index (κ3) is 4.08. The molecule has 1 N–H and O–H groups in total. The first kappa shape index (κ1) is 16.8. The first-order valence-electron chi connectivity index (χ1n) is 8.86. The number of anilines is 1. The van der Waals surface area contributed by atoms with E-state index < -0.39 is 0 Å². The van der Waals surface area contributed by atoms with Crippen molar-refractivity contribution < 1.29 is 14.3 Å². The average molecular weight is 330 g/mol. The van der Waals surface area contributed by atoms with E-state index in [1.807, 2.05) is 30.1 Å². The van der Waals surface area contributed by atoms with Gasteiger partial charge in [0.05, 0.1) is 6.61 Å². The van der Waals surface area contributed by atoms with Crippen molar-refractivity contribution in [1.82, 2.24) is 4.90 Å². The minimum absolute atomic E-state index is 0.0687. The van der Waals surface area contributed by atoms with Crippen LogP contribution >= 0.6 is 0 Å². The Balaban J connectivity index is 1.42. The maximum atomic E-state index is 12.2. The van der Waals surface area contributed by atoms with Gasteiger partial charge in [-0.3, -0.25) is 9.59 Å². The highest BCUT2D eigenvalue weighted by Gasteiger charge is 2.32. The molecular weight excluding hydrogens is 304 g/mol. The topological polar surface area (TPSA) is 58.6 Å². The zero-order chi connectivity index (χ0) is 17.1. The van der Waals surface area contributed by atoms with Crippen molar-refractivity contribution in [3.05, 3.63) is 23.8 Å². The molecule has 0 spiro atoms. The van der Waals surface area contributed by atoms with Crippen molar-refractivity contribution in [2.24, 2.45) is 5.92 Å². The predicted octanol–water partition coefficient (Wildman–Crippen LogP) is 2.99. The van der Waals surface area contributed by atoms with Crippen LogP contribution in [0.5, 0.6) is 5.75 Å². The lowest BCUT2D eigenvalue weighted by Crippen LogP contribution is -2.36. The van der Waals surface area contributed by atoms with Crippen molar-refractivity contribution >= 4 is 17.5 Å². The summed E-state index contributed by atoms with van der Waals surface area (Å²) in [6, 6.07) is 6.10. The van der Waals surface area contributed by atoms with Crippen LogP contribution in [0.3, 0.4) is 0 Å². The zero-order valence-electron chi connectivity index (χ0n) is 14.5. The van der Waals surface area contributed by atoms with Crippen LogP contribution in [0.2, 0.25) is 0 Å². The molecule has 3 rings (SSSR count). The fourth-order valence-corrected chi connectivity index (χ4v) is 3.16. The molecule has 1 heterocycles. The van der Waals surface area contributed by atoms with Crippen molar-refractivity contribution in [2.75, 3.05) is 19.0 Å². The molecule has 0 aromatic heterocycles. The molecule has 5 heteroatoms. The van der Waals surface area contributed by atoms with Crippen LogP contribution in [0.4, 0.5) is 5.69 Å². The number of aryl methyl sites for hydroxylation is 1. The number of benzene rings is 1. The summed E-state index contributed by atoms with van der Waals surface area (Å²) in [6.07, 6.45) is 5.02. The van der Waals surface area contributed by atoms with Gasteiger partial charge < -0.3 is 15.0 Å². The second-order valence-corrected chi connectivity index (χ2v) is 6.90. The summed E-state index contributed by atoms with van der Waals surface area (Å²) in [5.74, 6) is 1.77. The molecular formula is C19H26N2O3. The van der Waals surface area contributed by atoms with Gasteiger partial charge in [0.1, 0.15) is 5.75 Å². The van der Waals surface area contributed by atoms with Crippen molar-refractivity contribution in [2.45, 2.75) is 51.5 Å². The van der Waals surface area contributed by atoms with E-state index in [0.29, 0.717) is 37.8 Å². The van der Waals surface area contributed by atoms with Crippen LogP contribution in [0.15, 0.2) is 18.2 Å². The van der Waals surface area contributed by atoms with Crippen LogP contribution in [-0.4, -0.2) is 36.4 Å². The lowest BCUT2D eigenvalue weighted by Gasteiger charge is -2.25. The van der Waals surface area contributed by atoms with Crippen molar-refractivity contribution in [3.8, 4) is 5.75 Å². The Labute approximate surface area is 143 Å². The number of fused-ring (bicyclic) bond motifs is 1. The van der Waals surface area contributed by atoms with Gasteiger partial charge in [0.15, 0.2) is 0 Å². The molecule has 1 aliphatic carbocycles. The van der Waals surface area contributed by atoms with Gasteiger partial charge in [0, 0.05) is 31.6 Å². The van der Waals surface area contributed by atoms with Crippen LogP contribution in [0.25, 0.3) is 0 Å². The summed E-state index contributed by atoms with van der Waals surface area (Å²) in [5.41, 5.74) is 1.99. The Bertz CT molecular complexity index is 625. The van der Waals surface area contributed by atoms with Gasteiger partial charge in [0.25, 0.3) is 0 Å². The van der Waals surface area contributed by atoms with Gasteiger partial charge in [-0.15, -0.1) is 0 Å². The number of amides is 2. The molecule has 130 valence electrons. The SMILES string of the molecule is CC(C1CC1)N(C)C(=O)CCCOc1ccc2c(c1)CCC(=O)N2. The standard InChI is InChI=1S/C19H26N2O3/c1-13(14-5-6-14)21(2)19(23)4-3-11-24-16-8-9-17-15(12-16)7-10-18(22)20-17/h8-9,12-14H,3-7,10-11H2,1-2H3,(H,20,22). The monoisotopic (exact) mass is 330 g/mol. The molecule has 1 aliphatic heterocycles. The van der Waals surface area contributed by atoms with Crippen molar-refractivity contribution in [1.29, 1.82) is 0 Å². The maximum Gasteiger partial charge on any atom is 0.224 e. The number of nitrogens with zero attached hydrogens (tertiary/aromatic N) is 1. The fraction of sp³-hybridized carbons (Fsp3) is 0.579. The Hall–Kier alpha value is -2.04. The van der Waals surface area contributed by atoms with Crippen LogP contribution < -0.4 is 10.1 Å². The first-order chi connectivity index (χ1) is 11.5. The van der Waals surface area contributed by atoms with Gasteiger partial charge >= 0.3 is 0 Å². The highest BCUT2D eigenvalue weighted by Crippen LogP contribution is 2.34. The molecule has 0 radical (unpaired) electrons. The summed E-state index contributed by atoms with van der Waals surface area (Å²) in [4.78, 5) is 25.4. The van der Waals surface area contributed by atoms with E-state index in [9.17, 15) is 9.59 Å². The molecule has 2 amide bonds. The van der Waals surface area contributed by atoms with Crippen molar-refractivity contribution in [3.63, 3.8) is 0 Å². The summed E-state index contributed by atoms with van der Waals surface area (Å²) >= 11 is 0. The second-order valence-electron chi connectivity index (χ2n) is 6.90. The summed E-state index contributed by atoms with van der Waals surface area (Å²) in [5, 5.41) is 2.86. The Kier molecular flexibility index (Phi) is 5.07. The molecule has 1 atom stereocenters. The van der Waals surface area contributed by atoms with E-state index in [-0.39, 0.29) is 11.8 Å². The second kappa shape index (κ2) is 7.24. The molecule has 5 nitrogen and oxygen atoms in total. The molecule has 1 aromatic carbocycles. The predicted molar refractivity (Wildman–Crippen MR) is 93.1 cm³/mol. The number of hydrogen-bond acceptors (Lipinski definition) is 3. The van der Waals surface area contributed by atoms with Crippen LogP contribution in [0.1, 0.15) is 44.6 Å². The molecule has 1 fully saturated rings. The third-order valence-corrected chi connectivity index (χ3v) is 5.08. The highest BCUT2D eigenvalue weighted by molar-refractivity contribution is 5.94. The Morgan fingerprint density at radius 1 is 1.38 bits per heavy atom. The van der Waals surface area contributed by atoms with Gasteiger partial charge in [-0.05, 0) is 62.3 Å². The van der Waals surface area contributed by atoms with Gasteiger partial charge in [-0.1, -0.05) is 0 Å². The number of nitrogens with one attached hydrogen (secondary N) is 1. The molecule has 1 unspecified atom stereocenters. The molecule has 1 saturated carbocycles. The number of ether oxygens (including phenoxy) is 1. The number of rotatable bonds is 7. The summed E-state index contributed by atoms with van der Waals surface area (Å²) in [6.45, 7) is 2.67. The molecule has 2 aliphatic rings. The Morgan fingerprint density at radius 2 is 2.17 bits per heavy atom. The zero-order valence-corrected chi connectivity index (χ0v) is 14.5. The van der Waals surface area contributed by atoms with E-state index in [4.69, 9.17) is 4.74 Å². The number of carbonyl (C=O) groups is 2. The van der Waals surface area contributed by atoms with Gasteiger partial charge in [0.2, 0.25) is 11.8 Å². The van der Waals surface area contributed by atoms with E-state index in [1.54, 1.807) is 0 Å². The molecule has 0 bridgehead atoms. The van der Waals surface area contributed by atoms with Gasteiger partial charge in [-0.25, -0.2) is 0 Å². The first-order valence-corrected chi connectivity index (χ1v) is 8.86. The average Bonchev–Trinajstić information content (AvgIpc) is 3.42. The minimum atomic E-state index is 0.0687. The number of carbonyl (C=O) groups excluding carboxylic acids is 2. The highest BCUT2D eigenvalue weighted by atomic mass is 16.5. The molecule has 0 saturated heterocycles. The largest absolute Gasteiger partial charge is 0.494 e. The summed E-state index contributed by atoms with van der Waals surface area (Å²) < 4.78 is 5.77. The van der Waals surface area contributed by atoms with E-state index >= 15 is 0 Å². The fourth-order valence-electron chi connectivity index (χ4n) is 3.16. The van der Waals surface area contributed by atoms with Gasteiger partial charge in [-0.2, -0.15) is 0 Å². The smallest absolute Gasteiger partial charge is 0.224 e. The van der Waals surface area contributed by atoms with E-state index in [1.165, 1.54) is 12.8 Å². The van der Waals surface area contributed by atoms with E-state index in [2.05, 4.69) is 12.2 Å². The third-order valence-electron chi connectivity index (χ3n) is 5.08. The Morgan fingerprint density at radius 3 is 2.92 bits per heavy atom. The number of hydrogen-bond donors (Lipinski definition) is 1. The molecule has 1 aromatic rings. The lowest BCUT2D eigenvalue weighted by molar-refractivity contribution is -0.132. The molecule has 24 heavy (non-hydrogen) atoms. The van der Waals surface area contributed by atoms with Crippen LogP contribution in [0, 0.1) is 5.92 Å². The van der Waals surface area contributed by atoms with E-state index in [0.717, 1.165) is 23.4 Å². The summed E-state index contributed by atoms with van der Waals surface area (Å²) in [7, 11) is 1.91. The normalized spacial score (nSPS) is 17.7. The quantitative estimate of drug-likeness (QED) is 0.782. The minimum Gasteiger partial charge on any atom is -0.494 e. The van der Waals surface area contributed by atoms with Crippen LogP contribution in [-0.2, 0) is 16.0 Å². The lowest BCUT2D eigenvalue weighted by atomic mass is 10.0. The maximum absolute atomic E-state index is 12.2.